The van der Waals surface area contributed by atoms with Gasteiger partial charge in [0.2, 0.25) is 6.79 Å². The maximum atomic E-state index is 12.1. The minimum atomic E-state index is -0.763. The third-order valence-electron chi connectivity index (χ3n) is 4.08. The summed E-state index contributed by atoms with van der Waals surface area (Å²) in [7, 11) is 2.96. The summed E-state index contributed by atoms with van der Waals surface area (Å²) in [5.41, 5.74) is 0.701. The predicted octanol–water partition coefficient (Wildman–Crippen LogP) is 1.34. The zero-order valence-electron chi connectivity index (χ0n) is 16.4. The van der Waals surface area contributed by atoms with Crippen molar-refractivity contribution in [3.63, 3.8) is 0 Å². The maximum absolute atomic E-state index is 12.1. The topological polar surface area (TPSA) is 121 Å². The summed E-state index contributed by atoms with van der Waals surface area (Å²) in [6.45, 7) is -0.822. The molecule has 0 atom stereocenters. The number of esters is 1. The second kappa shape index (κ2) is 9.50. The molecule has 3 rings (SSSR count). The number of fused-ring (bicyclic) bond motifs is 1. The minimum Gasteiger partial charge on any atom is -0.497 e. The molecule has 2 amide bonds. The summed E-state index contributed by atoms with van der Waals surface area (Å²) < 4.78 is 25.5. The first-order chi connectivity index (χ1) is 14.5. The highest BCUT2D eigenvalue weighted by molar-refractivity contribution is 5.97. The molecule has 2 N–H and O–H groups in total. The van der Waals surface area contributed by atoms with Crippen molar-refractivity contribution in [2.45, 2.75) is 0 Å². The molecule has 1 aliphatic heterocycles. The fourth-order valence-electron chi connectivity index (χ4n) is 2.58. The first-order valence-corrected chi connectivity index (χ1v) is 8.85. The van der Waals surface area contributed by atoms with Gasteiger partial charge in [-0.25, -0.2) is 0 Å². The first kappa shape index (κ1) is 20.8. The van der Waals surface area contributed by atoms with E-state index in [1.165, 1.54) is 20.3 Å². The third-order valence-corrected chi connectivity index (χ3v) is 4.08. The molecule has 2 aromatic rings. The van der Waals surface area contributed by atoms with Crippen molar-refractivity contribution in [2.24, 2.45) is 0 Å². The number of ether oxygens (including phenoxy) is 5. The van der Waals surface area contributed by atoms with E-state index in [2.05, 4.69) is 10.6 Å². The average Bonchev–Trinajstić information content (AvgIpc) is 3.24. The summed E-state index contributed by atoms with van der Waals surface area (Å²) in [6.07, 6.45) is 0. The van der Waals surface area contributed by atoms with Crippen LogP contribution in [-0.2, 0) is 14.3 Å². The molecule has 10 heteroatoms. The first-order valence-electron chi connectivity index (χ1n) is 8.85. The molecular formula is C20H20N2O8. The molecule has 2 aromatic carbocycles. The highest BCUT2D eigenvalue weighted by atomic mass is 16.7. The molecule has 0 spiro atoms. The van der Waals surface area contributed by atoms with E-state index in [0.717, 1.165) is 0 Å². The molecule has 0 bridgehead atoms. The van der Waals surface area contributed by atoms with E-state index >= 15 is 0 Å². The lowest BCUT2D eigenvalue weighted by molar-refractivity contribution is -0.146. The second-order valence-electron chi connectivity index (χ2n) is 6.03. The van der Waals surface area contributed by atoms with E-state index in [-0.39, 0.29) is 6.79 Å². The Morgan fingerprint density at radius 3 is 2.57 bits per heavy atom. The Kier molecular flexibility index (Phi) is 6.58. The monoisotopic (exact) mass is 416 g/mol. The van der Waals surface area contributed by atoms with Gasteiger partial charge in [-0.05, 0) is 30.3 Å². The molecule has 0 saturated carbocycles. The van der Waals surface area contributed by atoms with Gasteiger partial charge in [-0.15, -0.1) is 0 Å². The zero-order valence-corrected chi connectivity index (χ0v) is 16.4. The molecule has 0 fully saturated rings. The van der Waals surface area contributed by atoms with Gasteiger partial charge in [0.15, 0.2) is 18.1 Å². The molecule has 0 aromatic heterocycles. The van der Waals surface area contributed by atoms with Gasteiger partial charge in [-0.3, -0.25) is 14.4 Å². The fourth-order valence-corrected chi connectivity index (χ4v) is 2.58. The van der Waals surface area contributed by atoms with Crippen LogP contribution in [-0.4, -0.2) is 51.9 Å². The quantitative estimate of drug-likeness (QED) is 0.619. The van der Waals surface area contributed by atoms with Gasteiger partial charge >= 0.3 is 5.97 Å². The summed E-state index contributed by atoms with van der Waals surface area (Å²) in [5.74, 6) is 0.147. The van der Waals surface area contributed by atoms with E-state index in [4.69, 9.17) is 23.7 Å². The van der Waals surface area contributed by atoms with Crippen LogP contribution in [0.3, 0.4) is 0 Å². The van der Waals surface area contributed by atoms with Crippen molar-refractivity contribution >= 4 is 23.5 Å². The van der Waals surface area contributed by atoms with Crippen LogP contribution >= 0.6 is 0 Å². The van der Waals surface area contributed by atoms with Crippen molar-refractivity contribution in [3.8, 4) is 23.0 Å². The van der Waals surface area contributed by atoms with Gasteiger partial charge in [-0.2, -0.15) is 0 Å². The van der Waals surface area contributed by atoms with Crippen LogP contribution in [0.2, 0.25) is 0 Å². The second-order valence-corrected chi connectivity index (χ2v) is 6.03. The van der Waals surface area contributed by atoms with Gasteiger partial charge in [0, 0.05) is 11.6 Å². The summed E-state index contributed by atoms with van der Waals surface area (Å²) in [5, 5.41) is 4.99. The van der Waals surface area contributed by atoms with Crippen molar-refractivity contribution < 1.29 is 38.1 Å². The number of methoxy groups -OCH3 is 2. The smallest absolute Gasteiger partial charge is 0.325 e. The summed E-state index contributed by atoms with van der Waals surface area (Å²) in [4.78, 5) is 36.0. The third kappa shape index (κ3) is 5.10. The molecule has 1 aliphatic rings. The van der Waals surface area contributed by atoms with Crippen molar-refractivity contribution in [3.05, 3.63) is 42.0 Å². The Morgan fingerprint density at radius 2 is 1.80 bits per heavy atom. The van der Waals surface area contributed by atoms with Crippen LogP contribution in [0, 0.1) is 0 Å². The highest BCUT2D eigenvalue weighted by Crippen LogP contribution is 2.32. The van der Waals surface area contributed by atoms with E-state index < -0.39 is 30.9 Å². The molecule has 1 heterocycles. The number of hydrogen-bond donors (Lipinski definition) is 2. The Bertz CT molecular complexity index is 960. The predicted molar refractivity (Wildman–Crippen MR) is 104 cm³/mol. The van der Waals surface area contributed by atoms with Crippen LogP contribution in [0.15, 0.2) is 36.4 Å². The number of benzene rings is 2. The van der Waals surface area contributed by atoms with Crippen LogP contribution in [0.5, 0.6) is 23.0 Å². The number of anilines is 1. The van der Waals surface area contributed by atoms with Crippen molar-refractivity contribution in [2.75, 3.05) is 39.5 Å². The SMILES string of the molecule is COc1ccc(NC(=O)COC(=O)CNC(=O)c2ccc3c(c2)OCO3)c(OC)c1. The van der Waals surface area contributed by atoms with Gasteiger partial charge in [-0.1, -0.05) is 0 Å². The Morgan fingerprint density at radius 1 is 1.00 bits per heavy atom. The number of rotatable bonds is 8. The molecule has 10 nitrogen and oxygen atoms in total. The van der Waals surface area contributed by atoms with E-state index in [0.29, 0.717) is 34.2 Å². The number of carbonyl (C=O) groups excluding carboxylic acids is 3. The lowest BCUT2D eigenvalue weighted by Crippen LogP contribution is -2.32. The molecule has 158 valence electrons. The lowest BCUT2D eigenvalue weighted by atomic mass is 10.2. The van der Waals surface area contributed by atoms with Gasteiger partial charge < -0.3 is 34.3 Å². The van der Waals surface area contributed by atoms with Gasteiger partial charge in [0.05, 0.1) is 19.9 Å². The minimum absolute atomic E-state index is 0.0944. The van der Waals surface area contributed by atoms with E-state index in [1.54, 1.807) is 30.3 Å². The molecule has 0 unspecified atom stereocenters. The molecule has 0 saturated heterocycles. The molecule has 30 heavy (non-hydrogen) atoms. The maximum Gasteiger partial charge on any atom is 0.325 e. The van der Waals surface area contributed by atoms with E-state index in [1.807, 2.05) is 0 Å². The highest BCUT2D eigenvalue weighted by Gasteiger charge is 2.17. The molecule has 0 radical (unpaired) electrons. The molecule has 0 aliphatic carbocycles. The fraction of sp³-hybridized carbons (Fsp3) is 0.250. The Labute approximate surface area is 172 Å². The van der Waals surface area contributed by atoms with Crippen LogP contribution in [0.4, 0.5) is 5.69 Å². The van der Waals surface area contributed by atoms with E-state index in [9.17, 15) is 14.4 Å². The summed E-state index contributed by atoms with van der Waals surface area (Å²) >= 11 is 0. The molecular weight excluding hydrogens is 396 g/mol. The Hall–Kier alpha value is -3.95. The zero-order chi connectivity index (χ0) is 21.5. The van der Waals surface area contributed by atoms with Gasteiger partial charge in [0.1, 0.15) is 18.0 Å². The normalized spacial score (nSPS) is 11.4. The van der Waals surface area contributed by atoms with Crippen molar-refractivity contribution in [1.82, 2.24) is 5.32 Å². The van der Waals surface area contributed by atoms with Gasteiger partial charge in [0.25, 0.3) is 11.8 Å². The lowest BCUT2D eigenvalue weighted by Gasteiger charge is -2.12. The standard InChI is InChI=1S/C20H20N2O8/c1-26-13-4-5-14(16(8-13)27-2)22-18(23)10-28-19(24)9-21-20(25)12-3-6-15-17(7-12)30-11-29-15/h3-8H,9-11H2,1-2H3,(H,21,25)(H,22,23). The number of carbonyl (C=O) groups is 3. The van der Waals surface area contributed by atoms with Crippen LogP contribution < -0.4 is 29.6 Å². The number of hydrogen-bond acceptors (Lipinski definition) is 8. The number of nitrogens with one attached hydrogen (secondary N) is 2. The largest absolute Gasteiger partial charge is 0.497 e. The van der Waals surface area contributed by atoms with Crippen molar-refractivity contribution in [1.29, 1.82) is 0 Å². The number of amides is 2. The summed E-state index contributed by atoms with van der Waals surface area (Å²) in [6, 6.07) is 9.52. The Balaban J connectivity index is 1.44. The van der Waals surface area contributed by atoms with Crippen LogP contribution in [0.1, 0.15) is 10.4 Å². The average molecular weight is 416 g/mol. The van der Waals surface area contributed by atoms with Crippen LogP contribution in [0.25, 0.3) is 0 Å².